The second-order valence-electron chi connectivity index (χ2n) is 2.63. The van der Waals surface area contributed by atoms with Gasteiger partial charge in [0.15, 0.2) is 6.61 Å². The SMILES string of the molecule is N#Cc1cnc(OCC(F)(F)F)c(N)c1. The van der Waals surface area contributed by atoms with Crippen LogP contribution in [0.3, 0.4) is 0 Å². The Bertz CT molecular complexity index is 397. The van der Waals surface area contributed by atoms with Gasteiger partial charge in [0.1, 0.15) is 6.07 Å². The first-order valence-corrected chi connectivity index (χ1v) is 3.77. The average Bonchev–Trinajstić information content (AvgIpc) is 2.14. The Balaban J connectivity index is 2.76. The van der Waals surface area contributed by atoms with E-state index in [2.05, 4.69) is 9.72 Å². The minimum absolute atomic E-state index is 0.0988. The molecule has 15 heavy (non-hydrogen) atoms. The molecule has 0 aliphatic rings. The van der Waals surface area contributed by atoms with Crippen molar-refractivity contribution in [2.75, 3.05) is 12.3 Å². The van der Waals surface area contributed by atoms with E-state index in [1.165, 1.54) is 6.07 Å². The Morgan fingerprint density at radius 2 is 2.20 bits per heavy atom. The van der Waals surface area contributed by atoms with Crippen molar-refractivity contribution in [1.82, 2.24) is 4.98 Å². The zero-order valence-corrected chi connectivity index (χ0v) is 7.38. The predicted molar refractivity (Wildman–Crippen MR) is 44.9 cm³/mol. The molecule has 0 saturated heterocycles. The molecule has 0 radical (unpaired) electrons. The Morgan fingerprint density at radius 1 is 1.53 bits per heavy atom. The maximum absolute atomic E-state index is 11.8. The van der Waals surface area contributed by atoms with Crippen LogP contribution >= 0.6 is 0 Å². The maximum Gasteiger partial charge on any atom is 0.422 e. The molecule has 0 atom stereocenters. The molecule has 0 saturated carbocycles. The van der Waals surface area contributed by atoms with Crippen molar-refractivity contribution < 1.29 is 17.9 Å². The van der Waals surface area contributed by atoms with Gasteiger partial charge in [0.05, 0.1) is 11.3 Å². The summed E-state index contributed by atoms with van der Waals surface area (Å²) in [5, 5.41) is 8.45. The van der Waals surface area contributed by atoms with Gasteiger partial charge in [-0.25, -0.2) is 4.98 Å². The van der Waals surface area contributed by atoms with Crippen molar-refractivity contribution in [1.29, 1.82) is 5.26 Å². The van der Waals surface area contributed by atoms with Gasteiger partial charge in [0.2, 0.25) is 5.88 Å². The van der Waals surface area contributed by atoms with Crippen LogP contribution < -0.4 is 10.5 Å². The largest absolute Gasteiger partial charge is 0.467 e. The Labute approximate surface area is 83.1 Å². The van der Waals surface area contributed by atoms with Crippen LogP contribution in [0, 0.1) is 11.3 Å². The molecule has 0 aliphatic carbocycles. The van der Waals surface area contributed by atoms with Gasteiger partial charge in [-0.1, -0.05) is 0 Å². The third-order valence-corrected chi connectivity index (χ3v) is 1.38. The van der Waals surface area contributed by atoms with Crippen molar-refractivity contribution in [3.63, 3.8) is 0 Å². The highest BCUT2D eigenvalue weighted by Gasteiger charge is 2.29. The summed E-state index contributed by atoms with van der Waals surface area (Å²) in [6.45, 7) is -1.46. The summed E-state index contributed by atoms with van der Waals surface area (Å²) in [4.78, 5) is 3.48. The van der Waals surface area contributed by atoms with Gasteiger partial charge in [-0.2, -0.15) is 18.4 Å². The molecule has 0 bridgehead atoms. The van der Waals surface area contributed by atoms with E-state index in [0.29, 0.717) is 0 Å². The van der Waals surface area contributed by atoms with E-state index < -0.39 is 12.8 Å². The monoisotopic (exact) mass is 217 g/mol. The van der Waals surface area contributed by atoms with Crippen molar-refractivity contribution in [2.24, 2.45) is 0 Å². The van der Waals surface area contributed by atoms with Crippen molar-refractivity contribution in [2.45, 2.75) is 6.18 Å². The molecular weight excluding hydrogens is 211 g/mol. The summed E-state index contributed by atoms with van der Waals surface area (Å²) in [7, 11) is 0. The molecule has 7 heteroatoms. The fourth-order valence-electron chi connectivity index (χ4n) is 0.801. The minimum Gasteiger partial charge on any atom is -0.467 e. The topological polar surface area (TPSA) is 71.9 Å². The molecule has 0 amide bonds. The molecule has 2 N–H and O–H groups in total. The molecule has 1 heterocycles. The lowest BCUT2D eigenvalue weighted by Crippen LogP contribution is -2.20. The van der Waals surface area contributed by atoms with Gasteiger partial charge in [0, 0.05) is 6.20 Å². The van der Waals surface area contributed by atoms with E-state index in [9.17, 15) is 13.2 Å². The lowest BCUT2D eigenvalue weighted by Gasteiger charge is -2.09. The lowest BCUT2D eigenvalue weighted by atomic mass is 10.3. The highest BCUT2D eigenvalue weighted by Crippen LogP contribution is 2.22. The minimum atomic E-state index is -4.44. The molecule has 0 fully saturated rings. The van der Waals surface area contributed by atoms with E-state index in [4.69, 9.17) is 11.0 Å². The molecule has 0 aliphatic heterocycles. The number of nitrogens with two attached hydrogens (primary N) is 1. The summed E-state index contributed by atoms with van der Waals surface area (Å²) in [6, 6.07) is 2.94. The molecule has 4 nitrogen and oxygen atoms in total. The number of ether oxygens (including phenoxy) is 1. The molecule has 0 aromatic carbocycles. The number of halogens is 3. The van der Waals surface area contributed by atoms with Gasteiger partial charge < -0.3 is 10.5 Å². The van der Waals surface area contributed by atoms with Crippen LogP contribution in [-0.4, -0.2) is 17.8 Å². The number of anilines is 1. The van der Waals surface area contributed by atoms with Gasteiger partial charge in [-0.05, 0) is 6.07 Å². The van der Waals surface area contributed by atoms with Crippen LogP contribution in [0.15, 0.2) is 12.3 Å². The van der Waals surface area contributed by atoms with Crippen LogP contribution in [-0.2, 0) is 0 Å². The fraction of sp³-hybridized carbons (Fsp3) is 0.250. The third kappa shape index (κ3) is 3.34. The Kier molecular flexibility index (Phi) is 2.99. The number of aromatic nitrogens is 1. The molecule has 0 unspecified atom stereocenters. The lowest BCUT2D eigenvalue weighted by molar-refractivity contribution is -0.153. The number of pyridine rings is 1. The van der Waals surface area contributed by atoms with E-state index in [-0.39, 0.29) is 17.1 Å². The summed E-state index contributed by atoms with van der Waals surface area (Å²) >= 11 is 0. The van der Waals surface area contributed by atoms with Gasteiger partial charge >= 0.3 is 6.18 Å². The fourth-order valence-corrected chi connectivity index (χ4v) is 0.801. The maximum atomic E-state index is 11.8. The van der Waals surface area contributed by atoms with Gasteiger partial charge in [-0.15, -0.1) is 0 Å². The summed E-state index contributed by atoms with van der Waals surface area (Å²) in [5.74, 6) is -0.327. The van der Waals surface area contributed by atoms with Crippen molar-refractivity contribution >= 4 is 5.69 Å². The number of alkyl halides is 3. The van der Waals surface area contributed by atoms with Crippen LogP contribution in [0.5, 0.6) is 5.88 Å². The highest BCUT2D eigenvalue weighted by atomic mass is 19.4. The van der Waals surface area contributed by atoms with Crippen LogP contribution in [0.1, 0.15) is 5.56 Å². The summed E-state index contributed by atoms with van der Waals surface area (Å²) in [6.07, 6.45) is -3.36. The van der Waals surface area contributed by atoms with Crippen LogP contribution in [0.2, 0.25) is 0 Å². The van der Waals surface area contributed by atoms with Crippen molar-refractivity contribution in [3.05, 3.63) is 17.8 Å². The number of nitriles is 1. The van der Waals surface area contributed by atoms with E-state index in [0.717, 1.165) is 6.20 Å². The van der Waals surface area contributed by atoms with Crippen LogP contribution in [0.25, 0.3) is 0 Å². The number of rotatable bonds is 2. The third-order valence-electron chi connectivity index (χ3n) is 1.38. The summed E-state index contributed by atoms with van der Waals surface area (Å²) in [5.41, 5.74) is 5.38. The van der Waals surface area contributed by atoms with Gasteiger partial charge in [-0.3, -0.25) is 0 Å². The predicted octanol–water partition coefficient (Wildman–Crippen LogP) is 1.48. The standard InChI is InChI=1S/C8H6F3N3O/c9-8(10,11)4-15-7-6(13)1-5(2-12)3-14-7/h1,3H,4,13H2. The first-order valence-electron chi connectivity index (χ1n) is 3.77. The zero-order valence-electron chi connectivity index (χ0n) is 7.38. The van der Waals surface area contributed by atoms with Crippen LogP contribution in [0.4, 0.5) is 18.9 Å². The highest BCUT2D eigenvalue weighted by molar-refractivity contribution is 5.51. The molecule has 1 aromatic rings. The zero-order chi connectivity index (χ0) is 11.5. The second-order valence-corrected chi connectivity index (χ2v) is 2.63. The first-order chi connectivity index (χ1) is 6.92. The van der Waals surface area contributed by atoms with E-state index in [1.54, 1.807) is 6.07 Å². The van der Waals surface area contributed by atoms with E-state index in [1.807, 2.05) is 0 Å². The first kappa shape index (κ1) is 11.1. The van der Waals surface area contributed by atoms with E-state index >= 15 is 0 Å². The normalized spacial score (nSPS) is 10.8. The number of hydrogen-bond donors (Lipinski definition) is 1. The summed E-state index contributed by atoms with van der Waals surface area (Å²) < 4.78 is 39.6. The quantitative estimate of drug-likeness (QED) is 0.814. The molecule has 1 rings (SSSR count). The number of nitrogens with zero attached hydrogens (tertiary/aromatic N) is 2. The molecular formula is C8H6F3N3O. The molecule has 1 aromatic heterocycles. The average molecular weight is 217 g/mol. The molecule has 80 valence electrons. The van der Waals surface area contributed by atoms with Gasteiger partial charge in [0.25, 0.3) is 0 Å². The van der Waals surface area contributed by atoms with Crippen molar-refractivity contribution in [3.8, 4) is 11.9 Å². The molecule has 0 spiro atoms. The Hall–Kier alpha value is -1.97. The second kappa shape index (κ2) is 4.04. The Morgan fingerprint density at radius 3 is 2.67 bits per heavy atom. The number of hydrogen-bond acceptors (Lipinski definition) is 4. The number of nitrogen functional groups attached to an aromatic ring is 1. The smallest absolute Gasteiger partial charge is 0.422 e.